The maximum atomic E-state index is 13.1. The fourth-order valence-electron chi connectivity index (χ4n) is 3.55. The van der Waals surface area contributed by atoms with Gasteiger partial charge in [-0.15, -0.1) is 6.58 Å². The van der Waals surface area contributed by atoms with Gasteiger partial charge in [-0.2, -0.15) is 0 Å². The molecule has 0 saturated heterocycles. The molecule has 2 aromatic carbocycles. The first-order valence-corrected chi connectivity index (χ1v) is 9.06. The van der Waals surface area contributed by atoms with E-state index in [1.54, 1.807) is 13.2 Å². The lowest BCUT2D eigenvalue weighted by Crippen LogP contribution is -2.56. The normalized spacial score (nSPS) is 24.8. The lowest BCUT2D eigenvalue weighted by molar-refractivity contribution is -0.164. The summed E-state index contributed by atoms with van der Waals surface area (Å²) in [5.41, 5.74) is 0.715. The summed E-state index contributed by atoms with van der Waals surface area (Å²) in [6.45, 7) is 5.93. The van der Waals surface area contributed by atoms with Gasteiger partial charge >= 0.3 is 5.97 Å². The number of methoxy groups -OCH3 is 1. The van der Waals surface area contributed by atoms with Crippen LogP contribution in [0.4, 0.5) is 0 Å². The van der Waals surface area contributed by atoms with Crippen molar-refractivity contribution >= 4 is 11.7 Å². The summed E-state index contributed by atoms with van der Waals surface area (Å²) < 4.78 is 11.3. The van der Waals surface area contributed by atoms with Crippen molar-refractivity contribution in [2.24, 2.45) is 4.99 Å². The highest BCUT2D eigenvalue weighted by Crippen LogP contribution is 2.35. The molecule has 4 heteroatoms. The van der Waals surface area contributed by atoms with Crippen LogP contribution in [0, 0.1) is 0 Å². The molecule has 1 aliphatic heterocycles. The molecule has 3 rings (SSSR count). The van der Waals surface area contributed by atoms with Gasteiger partial charge in [0.25, 0.3) is 0 Å². The Morgan fingerprint density at radius 1 is 1.11 bits per heavy atom. The molecule has 0 N–H and O–H groups in total. The molecule has 0 fully saturated rings. The second kappa shape index (κ2) is 7.89. The Bertz CT molecular complexity index is 831. The van der Waals surface area contributed by atoms with Crippen LogP contribution in [-0.2, 0) is 20.7 Å². The smallest absolute Gasteiger partial charge is 0.335 e. The van der Waals surface area contributed by atoms with E-state index in [-0.39, 0.29) is 12.6 Å². The van der Waals surface area contributed by atoms with E-state index in [4.69, 9.17) is 14.5 Å². The average molecular weight is 363 g/mol. The number of hydrogen-bond acceptors (Lipinski definition) is 4. The summed E-state index contributed by atoms with van der Waals surface area (Å²) in [5.74, 6) is -0.342. The molecule has 0 bridgehead atoms. The van der Waals surface area contributed by atoms with Crippen molar-refractivity contribution in [2.45, 2.75) is 30.9 Å². The van der Waals surface area contributed by atoms with E-state index < -0.39 is 11.1 Å². The van der Waals surface area contributed by atoms with Crippen LogP contribution in [-0.4, -0.2) is 36.5 Å². The van der Waals surface area contributed by atoms with Crippen molar-refractivity contribution in [3.63, 3.8) is 0 Å². The zero-order valence-corrected chi connectivity index (χ0v) is 15.9. The second-order valence-electron chi connectivity index (χ2n) is 7.07. The average Bonchev–Trinajstić information content (AvgIpc) is 2.67. The highest BCUT2D eigenvalue weighted by atomic mass is 16.6. The van der Waals surface area contributed by atoms with E-state index in [1.807, 2.05) is 67.6 Å². The molecule has 1 heterocycles. The maximum Gasteiger partial charge on any atom is 0.335 e. The van der Waals surface area contributed by atoms with Gasteiger partial charge in [0, 0.05) is 20.0 Å². The van der Waals surface area contributed by atoms with Crippen molar-refractivity contribution in [3.05, 3.63) is 84.4 Å². The minimum absolute atomic E-state index is 0.238. The minimum Gasteiger partial charge on any atom is -0.449 e. The van der Waals surface area contributed by atoms with Crippen LogP contribution < -0.4 is 0 Å². The van der Waals surface area contributed by atoms with Gasteiger partial charge in [0.1, 0.15) is 0 Å². The summed E-state index contributed by atoms with van der Waals surface area (Å²) >= 11 is 0. The first kappa shape index (κ1) is 19.1. The molecule has 1 aliphatic rings. The Labute approximate surface area is 160 Å². The molecule has 2 atom stereocenters. The van der Waals surface area contributed by atoms with Gasteiger partial charge in [0.15, 0.2) is 11.1 Å². The predicted molar refractivity (Wildman–Crippen MR) is 107 cm³/mol. The minimum atomic E-state index is -1.03. The Kier molecular flexibility index (Phi) is 5.57. The number of rotatable bonds is 7. The van der Waals surface area contributed by atoms with Crippen molar-refractivity contribution < 1.29 is 14.3 Å². The lowest BCUT2D eigenvalue weighted by atomic mass is 9.83. The number of carbonyl (C=O) groups excluding carboxylic acids is 1. The van der Waals surface area contributed by atoms with Crippen LogP contribution in [0.5, 0.6) is 0 Å². The van der Waals surface area contributed by atoms with E-state index in [1.165, 1.54) is 0 Å². The molecule has 0 aromatic heterocycles. The lowest BCUT2D eigenvalue weighted by Gasteiger charge is -2.41. The molecule has 27 heavy (non-hydrogen) atoms. The molecule has 0 amide bonds. The van der Waals surface area contributed by atoms with Gasteiger partial charge < -0.3 is 9.47 Å². The van der Waals surface area contributed by atoms with Crippen LogP contribution in [0.15, 0.2) is 78.3 Å². The molecular weight excluding hydrogens is 338 g/mol. The molecule has 0 aliphatic carbocycles. The van der Waals surface area contributed by atoms with Gasteiger partial charge in [-0.1, -0.05) is 66.7 Å². The first-order valence-electron chi connectivity index (χ1n) is 9.06. The zero-order chi connectivity index (χ0) is 19.3. The van der Waals surface area contributed by atoms with Crippen LogP contribution in [0.3, 0.4) is 0 Å². The number of esters is 1. The van der Waals surface area contributed by atoms with Crippen LogP contribution in [0.25, 0.3) is 0 Å². The summed E-state index contributed by atoms with van der Waals surface area (Å²) in [6.07, 6.45) is 2.59. The zero-order valence-electron chi connectivity index (χ0n) is 15.9. The Morgan fingerprint density at radius 2 is 1.74 bits per heavy atom. The fourth-order valence-corrected chi connectivity index (χ4v) is 3.55. The van der Waals surface area contributed by atoms with Crippen LogP contribution in [0.2, 0.25) is 0 Å². The van der Waals surface area contributed by atoms with Crippen molar-refractivity contribution in [1.82, 2.24) is 0 Å². The van der Waals surface area contributed by atoms with Gasteiger partial charge in [-0.05, 0) is 18.1 Å². The van der Waals surface area contributed by atoms with E-state index in [0.29, 0.717) is 12.8 Å². The summed E-state index contributed by atoms with van der Waals surface area (Å²) in [6, 6.07) is 19.7. The second-order valence-corrected chi connectivity index (χ2v) is 7.07. The summed E-state index contributed by atoms with van der Waals surface area (Å²) in [4.78, 5) is 18.2. The third-order valence-corrected chi connectivity index (χ3v) is 4.81. The van der Waals surface area contributed by atoms with Crippen LogP contribution in [0.1, 0.15) is 24.5 Å². The maximum absolute atomic E-state index is 13.1. The van der Waals surface area contributed by atoms with Crippen molar-refractivity contribution in [1.29, 1.82) is 0 Å². The van der Waals surface area contributed by atoms with Gasteiger partial charge in [-0.3, -0.25) is 4.99 Å². The number of hydrogen-bond donors (Lipinski definition) is 0. The van der Waals surface area contributed by atoms with Gasteiger partial charge in [-0.25, -0.2) is 4.79 Å². The SMILES string of the molecule is C=CC[C@@]1(Cc2ccccc2)N=C(c2ccccc2)[C@](C)(COC)OC1=O. The molecule has 2 aromatic rings. The van der Waals surface area contributed by atoms with Crippen LogP contribution >= 0.6 is 0 Å². The molecule has 140 valence electrons. The number of carbonyl (C=O) groups is 1. The van der Waals surface area contributed by atoms with E-state index in [2.05, 4.69) is 6.58 Å². The summed E-state index contributed by atoms with van der Waals surface area (Å²) in [5, 5.41) is 0. The Balaban J connectivity index is 2.14. The van der Waals surface area contributed by atoms with Crippen molar-refractivity contribution in [3.8, 4) is 0 Å². The highest BCUT2D eigenvalue weighted by molar-refractivity contribution is 6.10. The largest absolute Gasteiger partial charge is 0.449 e. The Morgan fingerprint density at radius 3 is 2.33 bits per heavy atom. The quantitative estimate of drug-likeness (QED) is 0.552. The first-order chi connectivity index (χ1) is 13.0. The van der Waals surface area contributed by atoms with E-state index >= 15 is 0 Å². The van der Waals surface area contributed by atoms with Gasteiger partial charge in [0.2, 0.25) is 0 Å². The molecule has 0 unspecified atom stereocenters. The number of aliphatic imine (C=N–C) groups is 1. The number of benzene rings is 2. The molecule has 0 radical (unpaired) electrons. The van der Waals surface area contributed by atoms with Gasteiger partial charge in [0.05, 0.1) is 12.3 Å². The van der Waals surface area contributed by atoms with Crippen molar-refractivity contribution in [2.75, 3.05) is 13.7 Å². The molecule has 0 saturated carbocycles. The molecule has 4 nitrogen and oxygen atoms in total. The molecular formula is C23H25NO3. The number of cyclic esters (lactones) is 1. The topological polar surface area (TPSA) is 47.9 Å². The summed E-state index contributed by atoms with van der Waals surface area (Å²) in [7, 11) is 1.59. The molecule has 0 spiro atoms. The monoisotopic (exact) mass is 363 g/mol. The van der Waals surface area contributed by atoms with E-state index in [0.717, 1.165) is 16.8 Å². The number of nitrogens with zero attached hydrogens (tertiary/aromatic N) is 1. The van der Waals surface area contributed by atoms with E-state index in [9.17, 15) is 4.79 Å². The standard InChI is InChI=1S/C23H25NO3/c1-4-15-23(16-18-11-7-5-8-12-18)21(25)27-22(2,17-26-3)20(24-23)19-13-9-6-10-14-19/h4-14H,1,15-17H2,2-3H3/t22-,23-/m0/s1. The third kappa shape index (κ3) is 3.86. The predicted octanol–water partition coefficient (Wildman–Crippen LogP) is 4.00. The highest BCUT2D eigenvalue weighted by Gasteiger charge is 2.50. The number of ether oxygens (including phenoxy) is 2. The Hall–Kier alpha value is -2.72. The fraction of sp³-hybridized carbons (Fsp3) is 0.304. The third-order valence-electron chi connectivity index (χ3n) is 4.81.